The third kappa shape index (κ3) is 4.79. The van der Waals surface area contributed by atoms with E-state index in [1.165, 1.54) is 24.2 Å². The molecular weight excluding hydrogens is 176 g/mol. The Morgan fingerprint density at radius 2 is 2.00 bits per heavy atom. The molecule has 0 saturated carbocycles. The average molecular weight is 192 g/mol. The molecule has 0 nitrogen and oxygen atoms in total. The maximum Gasteiger partial charge on any atom is 0.0116 e. The molecule has 0 spiro atoms. The van der Waals surface area contributed by atoms with E-state index in [1.54, 1.807) is 11.8 Å². The summed E-state index contributed by atoms with van der Waals surface area (Å²) < 4.78 is 0. The number of thioether (sulfide) groups is 1. The number of hydrogen-bond acceptors (Lipinski definition) is 1. The number of benzene rings is 1. The highest BCUT2D eigenvalue weighted by Crippen LogP contribution is 2.18. The van der Waals surface area contributed by atoms with E-state index in [0.29, 0.717) is 0 Å². The summed E-state index contributed by atoms with van der Waals surface area (Å²) in [6, 6.07) is 10.5. The van der Waals surface area contributed by atoms with Gasteiger partial charge < -0.3 is 0 Å². The smallest absolute Gasteiger partial charge is 0.0116 e. The van der Waals surface area contributed by atoms with Crippen molar-refractivity contribution in [3.05, 3.63) is 41.8 Å². The maximum absolute atomic E-state index is 2.25. The first-order valence-corrected chi connectivity index (χ1v) is 5.68. The van der Waals surface area contributed by atoms with Crippen molar-refractivity contribution >= 4 is 11.8 Å². The normalized spacial score (nSPS) is 10.8. The van der Waals surface area contributed by atoms with Gasteiger partial charge in [0.25, 0.3) is 0 Å². The minimum Gasteiger partial charge on any atom is -0.0984 e. The lowest BCUT2D eigenvalue weighted by Gasteiger charge is -1.93. The molecule has 0 unspecified atom stereocenters. The van der Waals surface area contributed by atoms with Gasteiger partial charge in [-0.1, -0.05) is 55.8 Å². The van der Waals surface area contributed by atoms with Crippen molar-refractivity contribution in [1.82, 2.24) is 0 Å². The highest BCUT2D eigenvalue weighted by atomic mass is 32.2. The molecule has 1 aromatic rings. The molecule has 1 heteroatoms. The van der Waals surface area contributed by atoms with Gasteiger partial charge in [0, 0.05) is 4.90 Å². The Labute approximate surface area is 85.1 Å². The van der Waals surface area contributed by atoms with Crippen molar-refractivity contribution in [3.63, 3.8) is 0 Å². The number of hydrogen-bond donors (Lipinski definition) is 0. The zero-order valence-corrected chi connectivity index (χ0v) is 8.89. The van der Waals surface area contributed by atoms with Crippen LogP contribution in [0.1, 0.15) is 26.2 Å². The van der Waals surface area contributed by atoms with Gasteiger partial charge in [0.1, 0.15) is 0 Å². The van der Waals surface area contributed by atoms with Gasteiger partial charge in [0.2, 0.25) is 0 Å². The first-order chi connectivity index (χ1) is 6.43. The lowest BCUT2D eigenvalue weighted by atomic mass is 10.2. The van der Waals surface area contributed by atoms with Gasteiger partial charge in [0.05, 0.1) is 0 Å². The minimum absolute atomic E-state index is 1.20. The molecule has 0 heterocycles. The lowest BCUT2D eigenvalue weighted by molar-refractivity contribution is 0.815. The van der Waals surface area contributed by atoms with Crippen molar-refractivity contribution in [2.45, 2.75) is 31.1 Å². The highest BCUT2D eigenvalue weighted by Gasteiger charge is 1.85. The topological polar surface area (TPSA) is 0 Å². The van der Waals surface area contributed by atoms with Crippen LogP contribution in [0.2, 0.25) is 0 Å². The molecule has 13 heavy (non-hydrogen) atoms. The summed E-state index contributed by atoms with van der Waals surface area (Å²) in [4.78, 5) is 1.32. The van der Waals surface area contributed by atoms with Crippen LogP contribution < -0.4 is 0 Å². The van der Waals surface area contributed by atoms with Crippen LogP contribution >= 0.6 is 11.8 Å². The Morgan fingerprint density at radius 3 is 2.69 bits per heavy atom. The lowest BCUT2D eigenvalue weighted by Crippen LogP contribution is -1.67. The summed E-state index contributed by atoms with van der Waals surface area (Å²) in [7, 11) is 0. The fourth-order valence-corrected chi connectivity index (χ4v) is 1.72. The van der Waals surface area contributed by atoms with Crippen molar-refractivity contribution in [2.75, 3.05) is 0 Å². The van der Waals surface area contributed by atoms with Gasteiger partial charge in [-0.15, -0.1) is 0 Å². The van der Waals surface area contributed by atoms with Gasteiger partial charge >= 0.3 is 0 Å². The predicted molar refractivity (Wildman–Crippen MR) is 61.0 cm³/mol. The van der Waals surface area contributed by atoms with Crippen molar-refractivity contribution in [3.8, 4) is 0 Å². The fraction of sp³-hybridized carbons (Fsp3) is 0.333. The quantitative estimate of drug-likeness (QED) is 0.489. The first-order valence-electron chi connectivity index (χ1n) is 4.80. The van der Waals surface area contributed by atoms with E-state index < -0.39 is 0 Å². The Bertz CT molecular complexity index is 239. The zero-order chi connectivity index (χ0) is 9.36. The van der Waals surface area contributed by atoms with Crippen LogP contribution in [0.4, 0.5) is 0 Å². The minimum atomic E-state index is 1.20. The Hall–Kier alpha value is -0.690. The molecule has 0 aromatic heterocycles. The number of allylic oxidation sites excluding steroid dienone is 1. The van der Waals surface area contributed by atoms with Crippen LogP contribution in [-0.4, -0.2) is 0 Å². The third-order valence-electron chi connectivity index (χ3n) is 1.77. The van der Waals surface area contributed by atoms with Crippen molar-refractivity contribution < 1.29 is 0 Å². The summed E-state index contributed by atoms with van der Waals surface area (Å²) in [6.45, 7) is 2.22. The van der Waals surface area contributed by atoms with Crippen LogP contribution in [-0.2, 0) is 0 Å². The molecule has 0 atom stereocenters. The summed E-state index contributed by atoms with van der Waals surface area (Å²) >= 11 is 1.79. The molecule has 0 aliphatic carbocycles. The summed E-state index contributed by atoms with van der Waals surface area (Å²) in [5, 5.41) is 2.19. The molecule has 70 valence electrons. The van der Waals surface area contributed by atoms with Crippen molar-refractivity contribution in [1.29, 1.82) is 0 Å². The molecule has 0 N–H and O–H groups in total. The summed E-state index contributed by atoms with van der Waals surface area (Å²) in [6.07, 6.45) is 6.03. The predicted octanol–water partition coefficient (Wildman–Crippen LogP) is 4.48. The second-order valence-electron chi connectivity index (χ2n) is 2.94. The van der Waals surface area contributed by atoms with Crippen LogP contribution in [0.15, 0.2) is 46.7 Å². The van der Waals surface area contributed by atoms with Crippen molar-refractivity contribution in [2.24, 2.45) is 0 Å². The van der Waals surface area contributed by atoms with E-state index in [9.17, 15) is 0 Å². The summed E-state index contributed by atoms with van der Waals surface area (Å²) in [5.41, 5.74) is 0. The number of unbranched alkanes of at least 4 members (excludes halogenated alkanes) is 2. The molecule has 0 amide bonds. The second-order valence-corrected chi connectivity index (χ2v) is 3.92. The molecule has 0 saturated heterocycles. The average Bonchev–Trinajstić information content (AvgIpc) is 2.19. The SMILES string of the molecule is CCCC/C=C\Sc1ccccc1. The van der Waals surface area contributed by atoms with E-state index in [0.717, 1.165) is 0 Å². The van der Waals surface area contributed by atoms with Gasteiger partial charge in [0.15, 0.2) is 0 Å². The molecule has 0 radical (unpaired) electrons. The molecule has 0 bridgehead atoms. The van der Waals surface area contributed by atoms with Gasteiger partial charge in [-0.25, -0.2) is 0 Å². The van der Waals surface area contributed by atoms with E-state index in [4.69, 9.17) is 0 Å². The molecule has 0 aliphatic heterocycles. The largest absolute Gasteiger partial charge is 0.0984 e. The van der Waals surface area contributed by atoms with E-state index in [2.05, 4.69) is 42.7 Å². The van der Waals surface area contributed by atoms with Gasteiger partial charge in [-0.3, -0.25) is 0 Å². The Balaban J connectivity index is 2.23. The second kappa shape index (κ2) is 6.79. The highest BCUT2D eigenvalue weighted by molar-refractivity contribution is 8.02. The van der Waals surface area contributed by atoms with Gasteiger partial charge in [-0.2, -0.15) is 0 Å². The molecule has 1 aromatic carbocycles. The zero-order valence-electron chi connectivity index (χ0n) is 8.07. The maximum atomic E-state index is 2.25. The van der Waals surface area contributed by atoms with E-state index >= 15 is 0 Å². The molecule has 0 fully saturated rings. The molecule has 1 rings (SSSR count). The van der Waals surface area contributed by atoms with E-state index in [-0.39, 0.29) is 0 Å². The van der Waals surface area contributed by atoms with Crippen LogP contribution in [0, 0.1) is 0 Å². The standard InChI is InChI=1S/C12H16S/c1-2-3-4-8-11-13-12-9-6-5-7-10-12/h5-11H,2-4H2,1H3/b11-8-. The van der Waals surface area contributed by atoms with Crippen LogP contribution in [0.25, 0.3) is 0 Å². The molecule has 0 aliphatic rings. The van der Waals surface area contributed by atoms with Gasteiger partial charge in [-0.05, 0) is 24.0 Å². The monoisotopic (exact) mass is 192 g/mol. The Kier molecular flexibility index (Phi) is 5.42. The third-order valence-corrected chi connectivity index (χ3v) is 2.64. The Morgan fingerprint density at radius 1 is 1.23 bits per heavy atom. The first kappa shape index (κ1) is 10.4. The molecular formula is C12H16S. The fourth-order valence-electron chi connectivity index (χ4n) is 1.02. The van der Waals surface area contributed by atoms with Crippen LogP contribution in [0.3, 0.4) is 0 Å². The summed E-state index contributed by atoms with van der Waals surface area (Å²) in [5.74, 6) is 0. The van der Waals surface area contributed by atoms with E-state index in [1.807, 2.05) is 6.07 Å². The van der Waals surface area contributed by atoms with Crippen LogP contribution in [0.5, 0.6) is 0 Å². The number of rotatable bonds is 5.